The molecule has 0 bridgehead atoms. The van der Waals surface area contributed by atoms with Gasteiger partial charge in [-0.1, -0.05) is 0 Å². The first kappa shape index (κ1) is 10.7. The van der Waals surface area contributed by atoms with Gasteiger partial charge in [0.05, 0.1) is 12.8 Å². The van der Waals surface area contributed by atoms with Gasteiger partial charge in [0.15, 0.2) is 0 Å². The number of hydrogen-bond acceptors (Lipinski definition) is 3. The van der Waals surface area contributed by atoms with Gasteiger partial charge in [0.25, 0.3) is 0 Å². The fourth-order valence-corrected chi connectivity index (χ4v) is 2.26. The summed E-state index contributed by atoms with van der Waals surface area (Å²) >= 11 is 0. The summed E-state index contributed by atoms with van der Waals surface area (Å²) in [6.07, 6.45) is 4.32. The van der Waals surface area contributed by atoms with Gasteiger partial charge >= 0.3 is 0 Å². The second-order valence-electron chi connectivity index (χ2n) is 4.51. The van der Waals surface area contributed by atoms with Crippen LogP contribution in [0.1, 0.15) is 24.2 Å². The Morgan fingerprint density at radius 2 is 2.47 bits per heavy atom. The summed E-state index contributed by atoms with van der Waals surface area (Å²) in [5, 5.41) is 0. The van der Waals surface area contributed by atoms with Crippen LogP contribution in [0.3, 0.4) is 0 Å². The Morgan fingerprint density at radius 3 is 3.13 bits per heavy atom. The number of nitrogens with zero attached hydrogens (tertiary/aromatic N) is 1. The quantitative estimate of drug-likeness (QED) is 0.823. The maximum absolute atomic E-state index is 5.72. The minimum Gasteiger partial charge on any atom is -0.468 e. The molecule has 1 aliphatic heterocycles. The molecule has 0 aromatic carbocycles. The summed E-state index contributed by atoms with van der Waals surface area (Å²) in [5.74, 6) is 1.78. The van der Waals surface area contributed by atoms with Crippen molar-refractivity contribution in [3.8, 4) is 0 Å². The van der Waals surface area contributed by atoms with Crippen molar-refractivity contribution in [3.05, 3.63) is 23.7 Å². The van der Waals surface area contributed by atoms with Gasteiger partial charge < -0.3 is 10.2 Å². The molecule has 2 N–H and O–H groups in total. The number of hydrogen-bond donors (Lipinski definition) is 1. The van der Waals surface area contributed by atoms with E-state index in [0.29, 0.717) is 5.92 Å². The fourth-order valence-electron chi connectivity index (χ4n) is 2.26. The van der Waals surface area contributed by atoms with Crippen molar-refractivity contribution in [1.29, 1.82) is 0 Å². The first-order valence-corrected chi connectivity index (χ1v) is 5.75. The first-order chi connectivity index (χ1) is 7.29. The van der Waals surface area contributed by atoms with E-state index < -0.39 is 0 Å². The van der Waals surface area contributed by atoms with Gasteiger partial charge in [-0.2, -0.15) is 0 Å². The molecule has 0 aliphatic carbocycles. The van der Waals surface area contributed by atoms with E-state index in [1.165, 1.54) is 24.9 Å². The molecule has 1 atom stereocenters. The average Bonchev–Trinajstić information content (AvgIpc) is 2.65. The highest BCUT2D eigenvalue weighted by Gasteiger charge is 2.19. The van der Waals surface area contributed by atoms with E-state index in [-0.39, 0.29) is 0 Å². The predicted octanol–water partition coefficient (Wildman–Crippen LogP) is 1.76. The third-order valence-corrected chi connectivity index (χ3v) is 3.27. The van der Waals surface area contributed by atoms with Crippen LogP contribution in [-0.4, -0.2) is 24.5 Å². The zero-order valence-electron chi connectivity index (χ0n) is 9.41. The normalized spacial score (nSPS) is 23.2. The monoisotopic (exact) mass is 208 g/mol. The Balaban J connectivity index is 1.92. The van der Waals surface area contributed by atoms with Gasteiger partial charge in [-0.05, 0) is 50.4 Å². The zero-order chi connectivity index (χ0) is 10.7. The number of rotatable bonds is 3. The summed E-state index contributed by atoms with van der Waals surface area (Å²) in [7, 11) is 0. The van der Waals surface area contributed by atoms with Gasteiger partial charge in [0.1, 0.15) is 5.76 Å². The van der Waals surface area contributed by atoms with Crippen molar-refractivity contribution >= 4 is 0 Å². The van der Waals surface area contributed by atoms with Crippen molar-refractivity contribution in [2.24, 2.45) is 11.7 Å². The molecule has 2 heterocycles. The zero-order valence-corrected chi connectivity index (χ0v) is 9.41. The highest BCUT2D eigenvalue weighted by Crippen LogP contribution is 2.19. The Labute approximate surface area is 91.2 Å². The molecule has 1 fully saturated rings. The molecule has 1 aromatic rings. The molecule has 1 unspecified atom stereocenters. The van der Waals surface area contributed by atoms with Crippen LogP contribution in [-0.2, 0) is 6.54 Å². The van der Waals surface area contributed by atoms with Crippen molar-refractivity contribution in [3.63, 3.8) is 0 Å². The van der Waals surface area contributed by atoms with Crippen molar-refractivity contribution in [2.45, 2.75) is 26.3 Å². The summed E-state index contributed by atoms with van der Waals surface area (Å²) in [6.45, 7) is 6.15. The van der Waals surface area contributed by atoms with Crippen LogP contribution >= 0.6 is 0 Å². The Kier molecular flexibility index (Phi) is 3.44. The van der Waals surface area contributed by atoms with E-state index >= 15 is 0 Å². The molecule has 1 aliphatic rings. The minimum absolute atomic E-state index is 0.675. The van der Waals surface area contributed by atoms with E-state index in [4.69, 9.17) is 10.2 Å². The molecule has 84 valence electrons. The van der Waals surface area contributed by atoms with Crippen molar-refractivity contribution < 1.29 is 4.42 Å². The molecule has 2 rings (SSSR count). The van der Waals surface area contributed by atoms with E-state index in [1.807, 2.05) is 6.07 Å². The van der Waals surface area contributed by atoms with Gasteiger partial charge in [0.2, 0.25) is 0 Å². The van der Waals surface area contributed by atoms with E-state index in [1.54, 1.807) is 6.26 Å². The number of aryl methyl sites for hydroxylation is 1. The second-order valence-corrected chi connectivity index (χ2v) is 4.51. The van der Waals surface area contributed by atoms with Gasteiger partial charge in [-0.15, -0.1) is 0 Å². The lowest BCUT2D eigenvalue weighted by Crippen LogP contribution is -2.37. The topological polar surface area (TPSA) is 42.4 Å². The molecule has 0 radical (unpaired) electrons. The van der Waals surface area contributed by atoms with Crippen LogP contribution in [0.25, 0.3) is 0 Å². The highest BCUT2D eigenvalue weighted by atomic mass is 16.3. The van der Waals surface area contributed by atoms with E-state index in [9.17, 15) is 0 Å². The molecule has 15 heavy (non-hydrogen) atoms. The molecule has 1 saturated heterocycles. The molecular weight excluding hydrogens is 188 g/mol. The van der Waals surface area contributed by atoms with Crippen molar-refractivity contribution in [2.75, 3.05) is 19.6 Å². The number of furan rings is 1. The second kappa shape index (κ2) is 4.81. The predicted molar refractivity (Wildman–Crippen MR) is 60.5 cm³/mol. The average molecular weight is 208 g/mol. The fraction of sp³-hybridized carbons (Fsp3) is 0.667. The Bertz CT molecular complexity index is 308. The third kappa shape index (κ3) is 2.61. The van der Waals surface area contributed by atoms with E-state index in [2.05, 4.69) is 11.8 Å². The molecule has 0 saturated carbocycles. The maximum Gasteiger partial charge on any atom is 0.120 e. The van der Waals surface area contributed by atoms with Crippen LogP contribution < -0.4 is 5.73 Å². The van der Waals surface area contributed by atoms with Crippen LogP contribution in [0.4, 0.5) is 0 Å². The molecular formula is C12H20N2O. The molecule has 3 heteroatoms. The summed E-state index contributed by atoms with van der Waals surface area (Å²) in [6, 6.07) is 2.03. The lowest BCUT2D eigenvalue weighted by Gasteiger charge is -2.31. The summed E-state index contributed by atoms with van der Waals surface area (Å²) in [4.78, 5) is 2.45. The third-order valence-electron chi connectivity index (χ3n) is 3.27. The van der Waals surface area contributed by atoms with Gasteiger partial charge in [-0.25, -0.2) is 0 Å². The molecule has 1 aromatic heterocycles. The summed E-state index contributed by atoms with van der Waals surface area (Å²) < 4.78 is 5.46. The van der Waals surface area contributed by atoms with Crippen molar-refractivity contribution in [1.82, 2.24) is 4.90 Å². The Morgan fingerprint density at radius 1 is 1.60 bits per heavy atom. The number of likely N-dealkylation sites (tertiary alicyclic amines) is 1. The standard InChI is InChI=1S/C12H20N2O/c1-10-4-6-15-12(10)9-14-5-2-3-11(7-13)8-14/h4,6,11H,2-3,5,7-9,13H2,1H3. The maximum atomic E-state index is 5.72. The molecule has 0 amide bonds. The van der Waals surface area contributed by atoms with E-state index in [0.717, 1.165) is 25.4 Å². The highest BCUT2D eigenvalue weighted by molar-refractivity contribution is 5.14. The number of piperidine rings is 1. The minimum atomic E-state index is 0.675. The SMILES string of the molecule is Cc1ccoc1CN1CCCC(CN)C1. The lowest BCUT2D eigenvalue weighted by molar-refractivity contribution is 0.160. The molecule has 0 spiro atoms. The van der Waals surface area contributed by atoms with Crippen LogP contribution in [0.5, 0.6) is 0 Å². The largest absolute Gasteiger partial charge is 0.468 e. The van der Waals surface area contributed by atoms with Gasteiger partial charge in [0, 0.05) is 6.54 Å². The lowest BCUT2D eigenvalue weighted by atomic mass is 9.98. The smallest absolute Gasteiger partial charge is 0.120 e. The Hall–Kier alpha value is -0.800. The van der Waals surface area contributed by atoms with Gasteiger partial charge in [-0.3, -0.25) is 4.90 Å². The first-order valence-electron chi connectivity index (χ1n) is 5.75. The van der Waals surface area contributed by atoms with Crippen LogP contribution in [0, 0.1) is 12.8 Å². The van der Waals surface area contributed by atoms with Crippen LogP contribution in [0.2, 0.25) is 0 Å². The number of nitrogens with two attached hydrogens (primary N) is 1. The molecule has 3 nitrogen and oxygen atoms in total. The van der Waals surface area contributed by atoms with Crippen LogP contribution in [0.15, 0.2) is 16.7 Å². The summed E-state index contributed by atoms with van der Waals surface area (Å²) in [5.41, 5.74) is 6.97.